The minimum absolute atomic E-state index is 0.589. The van der Waals surface area contributed by atoms with Crippen LogP contribution in [0.4, 0.5) is 0 Å². The highest BCUT2D eigenvalue weighted by molar-refractivity contribution is 6.38. The van der Waals surface area contributed by atoms with Gasteiger partial charge in [-0.25, -0.2) is 0 Å². The molecule has 0 amide bonds. The van der Waals surface area contributed by atoms with Crippen molar-refractivity contribution in [2.24, 2.45) is 0 Å². The van der Waals surface area contributed by atoms with E-state index in [1.165, 1.54) is 0 Å². The number of allylic oxidation sites excluding steroid dienone is 2. The number of hydrogen-bond donors (Lipinski definition) is 3. The van der Waals surface area contributed by atoms with Crippen LogP contribution in [0.15, 0.2) is 23.3 Å². The third kappa shape index (κ3) is 4.85. The van der Waals surface area contributed by atoms with Crippen molar-refractivity contribution >= 4 is 7.48 Å². The molecule has 125 valence electrons. The molecule has 5 nitrogen and oxygen atoms in total. The summed E-state index contributed by atoms with van der Waals surface area (Å²) in [5.41, 5.74) is 0.139. The standard InChI is InChI=1S/C16H30BN2O3/c1-7-19(8-2)14(20)13-10-9-12(11-18-13)17-22-16(5,6)15(3,4)21/h9-10,14,18,20-21H,7-8,11H2,1-6H3. The van der Waals surface area contributed by atoms with Gasteiger partial charge in [-0.15, -0.1) is 0 Å². The molecule has 1 rings (SSSR count). The fraction of sp³-hybridized carbons (Fsp3) is 0.750. The van der Waals surface area contributed by atoms with Gasteiger partial charge in [0.15, 0.2) is 0 Å². The molecule has 3 N–H and O–H groups in total. The Morgan fingerprint density at radius 2 is 1.86 bits per heavy atom. The largest absolute Gasteiger partial charge is 0.427 e. The van der Waals surface area contributed by atoms with E-state index in [9.17, 15) is 10.2 Å². The van der Waals surface area contributed by atoms with E-state index >= 15 is 0 Å². The lowest BCUT2D eigenvalue weighted by molar-refractivity contribution is -0.0897. The summed E-state index contributed by atoms with van der Waals surface area (Å²) in [5.74, 6) is 0. The van der Waals surface area contributed by atoms with Crippen LogP contribution in [-0.2, 0) is 4.65 Å². The Bertz CT molecular complexity index is 424. The van der Waals surface area contributed by atoms with Crippen LogP contribution < -0.4 is 5.32 Å². The van der Waals surface area contributed by atoms with Gasteiger partial charge in [0.25, 0.3) is 0 Å². The molecule has 6 heteroatoms. The molecule has 0 spiro atoms. The molecule has 0 aromatic rings. The summed E-state index contributed by atoms with van der Waals surface area (Å²) in [6.45, 7) is 13.4. The van der Waals surface area contributed by atoms with E-state index in [2.05, 4.69) is 5.32 Å². The van der Waals surface area contributed by atoms with E-state index in [0.717, 1.165) is 24.3 Å². The third-order valence-electron chi connectivity index (χ3n) is 4.39. The molecule has 0 aliphatic carbocycles. The molecule has 0 bridgehead atoms. The van der Waals surface area contributed by atoms with Crippen molar-refractivity contribution in [3.05, 3.63) is 23.3 Å². The predicted molar refractivity (Wildman–Crippen MR) is 90.3 cm³/mol. The number of likely N-dealkylation sites (N-methyl/N-ethyl adjacent to an activating group) is 1. The van der Waals surface area contributed by atoms with Crippen LogP contribution in [0, 0.1) is 0 Å². The Labute approximate surface area is 135 Å². The Kier molecular flexibility index (Phi) is 6.68. The van der Waals surface area contributed by atoms with Crippen molar-refractivity contribution in [1.82, 2.24) is 10.2 Å². The average Bonchev–Trinajstić information content (AvgIpc) is 2.45. The van der Waals surface area contributed by atoms with E-state index in [-0.39, 0.29) is 0 Å². The molecule has 0 aromatic heterocycles. The minimum Gasteiger partial charge on any atom is -0.427 e. The second-order valence-electron chi connectivity index (χ2n) is 6.62. The van der Waals surface area contributed by atoms with E-state index in [1.807, 2.05) is 44.7 Å². The first-order chi connectivity index (χ1) is 10.1. The van der Waals surface area contributed by atoms with E-state index in [4.69, 9.17) is 4.65 Å². The van der Waals surface area contributed by atoms with E-state index in [0.29, 0.717) is 6.54 Å². The number of nitrogens with zero attached hydrogens (tertiary/aromatic N) is 1. The summed E-state index contributed by atoms with van der Waals surface area (Å²) in [7, 11) is 1.67. The molecule has 1 aliphatic heterocycles. The Balaban J connectivity index is 2.64. The fourth-order valence-corrected chi connectivity index (χ4v) is 1.91. The summed E-state index contributed by atoms with van der Waals surface area (Å²) < 4.78 is 5.73. The second-order valence-corrected chi connectivity index (χ2v) is 6.62. The smallest absolute Gasteiger partial charge is 0.328 e. The van der Waals surface area contributed by atoms with Crippen LogP contribution in [0.2, 0.25) is 0 Å². The summed E-state index contributed by atoms with van der Waals surface area (Å²) in [5, 5.41) is 23.6. The first-order valence-electron chi connectivity index (χ1n) is 7.92. The highest BCUT2D eigenvalue weighted by Gasteiger charge is 2.36. The molecular formula is C16H30BN2O3. The lowest BCUT2D eigenvalue weighted by atomic mass is 9.81. The highest BCUT2D eigenvalue weighted by atomic mass is 16.5. The lowest BCUT2D eigenvalue weighted by Crippen LogP contribution is -2.48. The Morgan fingerprint density at radius 1 is 1.27 bits per heavy atom. The van der Waals surface area contributed by atoms with Crippen LogP contribution >= 0.6 is 0 Å². The lowest BCUT2D eigenvalue weighted by Gasteiger charge is -2.38. The normalized spacial score (nSPS) is 17.7. The zero-order valence-electron chi connectivity index (χ0n) is 14.7. The molecule has 1 aliphatic rings. The van der Waals surface area contributed by atoms with Crippen molar-refractivity contribution in [3.8, 4) is 0 Å². The molecule has 1 heterocycles. The molecule has 1 atom stereocenters. The molecule has 22 heavy (non-hydrogen) atoms. The molecule has 0 saturated carbocycles. The molecular weight excluding hydrogens is 279 g/mol. The average molecular weight is 309 g/mol. The monoisotopic (exact) mass is 309 g/mol. The van der Waals surface area contributed by atoms with Gasteiger partial charge in [0.05, 0.1) is 16.9 Å². The summed E-state index contributed by atoms with van der Waals surface area (Å²) in [4.78, 5) is 1.97. The van der Waals surface area contributed by atoms with Crippen LogP contribution in [0.1, 0.15) is 41.5 Å². The van der Waals surface area contributed by atoms with Gasteiger partial charge in [-0.2, -0.15) is 0 Å². The highest BCUT2D eigenvalue weighted by Crippen LogP contribution is 2.25. The van der Waals surface area contributed by atoms with Crippen LogP contribution in [0.5, 0.6) is 0 Å². The van der Waals surface area contributed by atoms with Gasteiger partial charge in [-0.3, -0.25) is 4.90 Å². The molecule has 1 radical (unpaired) electrons. The fourth-order valence-electron chi connectivity index (χ4n) is 1.91. The maximum absolute atomic E-state index is 10.3. The van der Waals surface area contributed by atoms with Crippen molar-refractivity contribution in [3.63, 3.8) is 0 Å². The maximum atomic E-state index is 10.3. The van der Waals surface area contributed by atoms with Crippen molar-refractivity contribution in [2.45, 2.75) is 59.0 Å². The zero-order valence-corrected chi connectivity index (χ0v) is 14.7. The first-order valence-corrected chi connectivity index (χ1v) is 7.92. The van der Waals surface area contributed by atoms with Gasteiger partial charge in [0.2, 0.25) is 0 Å². The second kappa shape index (κ2) is 7.64. The topological polar surface area (TPSA) is 65.0 Å². The number of rotatable bonds is 8. The van der Waals surface area contributed by atoms with Gasteiger partial charge in [-0.05, 0) is 46.9 Å². The predicted octanol–water partition coefficient (Wildman–Crippen LogP) is 1.20. The van der Waals surface area contributed by atoms with Gasteiger partial charge in [-0.1, -0.05) is 25.4 Å². The summed E-state index contributed by atoms with van der Waals surface area (Å²) >= 11 is 0. The van der Waals surface area contributed by atoms with E-state index < -0.39 is 17.4 Å². The molecule has 1 unspecified atom stereocenters. The Hall–Kier alpha value is -0.815. The van der Waals surface area contributed by atoms with Crippen molar-refractivity contribution in [2.75, 3.05) is 19.6 Å². The molecule has 0 fully saturated rings. The number of aliphatic hydroxyl groups excluding tert-OH is 1. The van der Waals surface area contributed by atoms with E-state index in [1.54, 1.807) is 21.3 Å². The number of hydrogen-bond acceptors (Lipinski definition) is 5. The Morgan fingerprint density at radius 3 is 2.27 bits per heavy atom. The SMILES string of the molecule is CCN(CC)C(O)C1=CC=C([B]OC(C)(C)C(C)(C)O)CN1. The van der Waals surface area contributed by atoms with Gasteiger partial charge in [0.1, 0.15) is 6.23 Å². The maximum Gasteiger partial charge on any atom is 0.328 e. The number of aliphatic hydroxyl groups is 2. The zero-order chi connectivity index (χ0) is 17.0. The van der Waals surface area contributed by atoms with Crippen molar-refractivity contribution in [1.29, 1.82) is 0 Å². The number of dihydropyridines is 1. The molecule has 0 aromatic carbocycles. The van der Waals surface area contributed by atoms with Crippen LogP contribution in [-0.4, -0.2) is 59.7 Å². The third-order valence-corrected chi connectivity index (χ3v) is 4.39. The minimum atomic E-state index is -0.938. The van der Waals surface area contributed by atoms with Gasteiger partial charge in [0, 0.05) is 6.54 Å². The van der Waals surface area contributed by atoms with Crippen LogP contribution in [0.25, 0.3) is 0 Å². The first kappa shape index (κ1) is 19.2. The molecule has 0 saturated heterocycles. The summed E-state index contributed by atoms with van der Waals surface area (Å²) in [6.07, 6.45) is 3.19. The quantitative estimate of drug-likeness (QED) is 0.464. The van der Waals surface area contributed by atoms with Gasteiger partial charge >= 0.3 is 7.48 Å². The number of nitrogens with one attached hydrogen (secondary N) is 1. The van der Waals surface area contributed by atoms with Crippen molar-refractivity contribution < 1.29 is 14.9 Å². The van der Waals surface area contributed by atoms with Crippen LogP contribution in [0.3, 0.4) is 0 Å². The summed E-state index contributed by atoms with van der Waals surface area (Å²) in [6, 6.07) is 0. The van der Waals surface area contributed by atoms with Gasteiger partial charge < -0.3 is 20.2 Å².